The van der Waals surface area contributed by atoms with Crippen LogP contribution in [-0.4, -0.2) is 66.9 Å². The van der Waals surface area contributed by atoms with Gasteiger partial charge >= 0.3 is 5.97 Å². The second kappa shape index (κ2) is 5.16. The first-order valence-corrected chi connectivity index (χ1v) is 7.99. The Kier molecular flexibility index (Phi) is 3.90. The van der Waals surface area contributed by atoms with Gasteiger partial charge in [0, 0.05) is 19.1 Å². The van der Waals surface area contributed by atoms with Crippen molar-refractivity contribution in [1.29, 1.82) is 0 Å². The molecule has 0 spiro atoms. The molecule has 1 saturated heterocycles. The molecule has 1 aliphatic rings. The summed E-state index contributed by atoms with van der Waals surface area (Å²) in [6.07, 6.45) is 0.743. The highest BCUT2D eigenvalue weighted by Crippen LogP contribution is 2.27. The molecule has 0 aromatic carbocycles. The molecule has 9 heteroatoms. The van der Waals surface area contributed by atoms with Crippen molar-refractivity contribution in [3.05, 3.63) is 11.2 Å². The van der Waals surface area contributed by atoms with Gasteiger partial charge in [-0.05, 0) is 20.5 Å². The van der Waals surface area contributed by atoms with Crippen LogP contribution in [0.3, 0.4) is 0 Å². The van der Waals surface area contributed by atoms with Crippen LogP contribution in [0.4, 0.5) is 0 Å². The van der Waals surface area contributed by atoms with E-state index in [1.165, 1.54) is 9.82 Å². The van der Waals surface area contributed by atoms with Crippen molar-refractivity contribution in [2.45, 2.75) is 16.7 Å². The highest BCUT2D eigenvalue weighted by molar-refractivity contribution is 7.91. The Morgan fingerprint density at radius 2 is 2.26 bits per heavy atom. The Bertz CT molecular complexity index is 581. The Morgan fingerprint density at radius 1 is 1.58 bits per heavy atom. The second-order valence-corrected chi connectivity index (χ2v) is 7.55. The van der Waals surface area contributed by atoms with Gasteiger partial charge in [0.25, 0.3) is 10.0 Å². The lowest BCUT2D eigenvalue weighted by molar-refractivity contribution is 0.0687. The van der Waals surface area contributed by atoms with E-state index in [4.69, 9.17) is 5.11 Å². The summed E-state index contributed by atoms with van der Waals surface area (Å²) in [6, 6.07) is 0.163. The van der Waals surface area contributed by atoms with Crippen molar-refractivity contribution >= 4 is 27.3 Å². The molecule has 0 radical (unpaired) electrons. The third-order valence-corrected chi connectivity index (χ3v) is 6.38. The molecule has 0 saturated carbocycles. The number of aromatic carboxylic acids is 1. The molecule has 1 N–H and O–H groups in total. The number of rotatable bonds is 4. The maximum absolute atomic E-state index is 12.4. The van der Waals surface area contributed by atoms with Crippen molar-refractivity contribution in [3.8, 4) is 0 Å². The molecule has 19 heavy (non-hydrogen) atoms. The quantitative estimate of drug-likeness (QED) is 0.852. The number of aromatic nitrogens is 1. The van der Waals surface area contributed by atoms with Crippen LogP contribution in [0.2, 0.25) is 0 Å². The molecule has 0 aliphatic carbocycles. The first-order valence-electron chi connectivity index (χ1n) is 5.67. The van der Waals surface area contributed by atoms with Crippen LogP contribution in [0.15, 0.2) is 9.72 Å². The minimum absolute atomic E-state index is 0.163. The summed E-state index contributed by atoms with van der Waals surface area (Å²) >= 11 is 0.846. The molecule has 1 aromatic rings. The Labute approximate surface area is 115 Å². The Morgan fingerprint density at radius 3 is 2.79 bits per heavy atom. The van der Waals surface area contributed by atoms with Gasteiger partial charge in [0.15, 0.2) is 9.90 Å². The molecule has 2 heterocycles. The zero-order valence-electron chi connectivity index (χ0n) is 10.6. The summed E-state index contributed by atoms with van der Waals surface area (Å²) in [6.45, 7) is 0.786. The number of nitrogens with zero attached hydrogens (tertiary/aromatic N) is 3. The Balaban J connectivity index is 2.29. The number of likely N-dealkylation sites (N-methyl/N-ethyl adjacent to an activating group) is 1. The van der Waals surface area contributed by atoms with Gasteiger partial charge in [-0.15, -0.1) is 11.3 Å². The summed E-state index contributed by atoms with van der Waals surface area (Å²) < 4.78 is 26.0. The summed E-state index contributed by atoms with van der Waals surface area (Å²) in [5, 5.41) is 8.95. The summed E-state index contributed by atoms with van der Waals surface area (Å²) in [5.41, 5.74) is 0.855. The number of carboxylic acid groups (broad SMARTS) is 1. The van der Waals surface area contributed by atoms with Crippen LogP contribution in [0.1, 0.15) is 16.9 Å². The van der Waals surface area contributed by atoms with Crippen LogP contribution in [0, 0.1) is 0 Å². The summed E-state index contributed by atoms with van der Waals surface area (Å²) in [7, 11) is 0.0423. The van der Waals surface area contributed by atoms with Crippen LogP contribution < -0.4 is 0 Å². The fourth-order valence-electron chi connectivity index (χ4n) is 2.03. The van der Waals surface area contributed by atoms with E-state index in [0.717, 1.165) is 17.8 Å². The molecule has 106 valence electrons. The van der Waals surface area contributed by atoms with E-state index in [1.54, 1.807) is 0 Å². The molecule has 1 aliphatic heterocycles. The van der Waals surface area contributed by atoms with Gasteiger partial charge in [-0.3, -0.25) is 0 Å². The number of thiazole rings is 1. The minimum Gasteiger partial charge on any atom is -0.476 e. The first kappa shape index (κ1) is 14.4. The monoisotopic (exact) mass is 305 g/mol. The molecular weight excluding hydrogens is 290 g/mol. The van der Waals surface area contributed by atoms with E-state index >= 15 is 0 Å². The molecule has 1 aromatic heterocycles. The van der Waals surface area contributed by atoms with Crippen molar-refractivity contribution in [2.75, 3.05) is 27.2 Å². The van der Waals surface area contributed by atoms with E-state index in [9.17, 15) is 13.2 Å². The number of hydrogen-bond donors (Lipinski definition) is 1. The lowest BCUT2D eigenvalue weighted by Crippen LogP contribution is -2.34. The average molecular weight is 305 g/mol. The van der Waals surface area contributed by atoms with E-state index in [0.29, 0.717) is 13.1 Å². The maximum atomic E-state index is 12.4. The lowest BCUT2D eigenvalue weighted by Gasteiger charge is -2.19. The summed E-state index contributed by atoms with van der Waals surface area (Å²) in [5.74, 6) is -1.32. The van der Waals surface area contributed by atoms with Gasteiger partial charge in [0.1, 0.15) is 0 Å². The van der Waals surface area contributed by atoms with Gasteiger partial charge in [0.2, 0.25) is 0 Å². The molecule has 0 amide bonds. The van der Waals surface area contributed by atoms with Crippen LogP contribution in [0.25, 0.3) is 0 Å². The third-order valence-electron chi connectivity index (χ3n) is 3.17. The topological polar surface area (TPSA) is 90.8 Å². The van der Waals surface area contributed by atoms with E-state index in [2.05, 4.69) is 4.98 Å². The predicted octanol–water partition coefficient (Wildman–Crippen LogP) is 0.166. The first-order chi connectivity index (χ1) is 8.84. The van der Waals surface area contributed by atoms with E-state index < -0.39 is 21.7 Å². The van der Waals surface area contributed by atoms with Crippen LogP contribution in [-0.2, 0) is 10.0 Å². The molecular formula is C10H15N3O4S2. The molecule has 1 fully saturated rings. The Hall–Kier alpha value is -1.03. The van der Waals surface area contributed by atoms with Crippen molar-refractivity contribution < 1.29 is 18.3 Å². The third kappa shape index (κ3) is 2.64. The van der Waals surface area contributed by atoms with Crippen LogP contribution >= 0.6 is 11.3 Å². The van der Waals surface area contributed by atoms with Gasteiger partial charge < -0.3 is 10.0 Å². The number of carbonyl (C=O) groups is 1. The highest BCUT2D eigenvalue weighted by atomic mass is 32.2. The maximum Gasteiger partial charge on any atom is 0.356 e. The van der Waals surface area contributed by atoms with Gasteiger partial charge in [0.05, 0.1) is 5.51 Å². The normalized spacial score (nSPS) is 21.1. The highest BCUT2D eigenvalue weighted by Gasteiger charge is 2.37. The van der Waals surface area contributed by atoms with Crippen molar-refractivity contribution in [2.24, 2.45) is 0 Å². The standard InChI is InChI=1S/C10H15N3O4S2/c1-12(2)7-3-4-13(5-7)19(16,17)10-8(9(14)15)11-6-18-10/h6-7H,3-5H2,1-2H3,(H,14,15). The average Bonchev–Trinajstić information content (AvgIpc) is 2.98. The fourth-order valence-corrected chi connectivity index (χ4v) is 4.80. The minimum atomic E-state index is -3.76. The number of carboxylic acids is 1. The smallest absolute Gasteiger partial charge is 0.356 e. The summed E-state index contributed by atoms with van der Waals surface area (Å²) in [4.78, 5) is 16.6. The molecule has 1 unspecified atom stereocenters. The fraction of sp³-hybridized carbons (Fsp3) is 0.600. The molecule has 0 bridgehead atoms. The SMILES string of the molecule is CN(C)C1CCN(S(=O)(=O)c2scnc2C(=O)O)C1. The predicted molar refractivity (Wildman–Crippen MR) is 69.9 cm³/mol. The van der Waals surface area contributed by atoms with Crippen molar-refractivity contribution in [1.82, 2.24) is 14.2 Å². The number of sulfonamides is 1. The molecule has 7 nitrogen and oxygen atoms in total. The largest absolute Gasteiger partial charge is 0.476 e. The molecule has 1 atom stereocenters. The van der Waals surface area contributed by atoms with Crippen LogP contribution in [0.5, 0.6) is 0 Å². The van der Waals surface area contributed by atoms with Gasteiger partial charge in [-0.2, -0.15) is 4.31 Å². The zero-order valence-corrected chi connectivity index (χ0v) is 12.2. The van der Waals surface area contributed by atoms with Gasteiger partial charge in [-0.25, -0.2) is 18.2 Å². The van der Waals surface area contributed by atoms with E-state index in [1.807, 2.05) is 19.0 Å². The molecule has 2 rings (SSSR count). The number of hydrogen-bond acceptors (Lipinski definition) is 6. The lowest BCUT2D eigenvalue weighted by atomic mass is 10.2. The second-order valence-electron chi connectivity index (χ2n) is 4.56. The van der Waals surface area contributed by atoms with E-state index in [-0.39, 0.29) is 10.3 Å². The zero-order chi connectivity index (χ0) is 14.2. The van der Waals surface area contributed by atoms with Gasteiger partial charge in [-0.1, -0.05) is 0 Å². The van der Waals surface area contributed by atoms with Crippen molar-refractivity contribution in [3.63, 3.8) is 0 Å².